The fraction of sp³-hybridized carbons (Fsp3) is 0.100. The molecular formula is C20H19N3O2. The van der Waals surface area contributed by atoms with E-state index in [1.807, 2.05) is 66.7 Å². The van der Waals surface area contributed by atoms with E-state index in [9.17, 15) is 4.79 Å². The second kappa shape index (κ2) is 8.49. The van der Waals surface area contributed by atoms with E-state index in [0.717, 1.165) is 17.0 Å². The number of hydrogen-bond acceptors (Lipinski definition) is 4. The minimum Gasteiger partial charge on any atom is -0.455 e. The van der Waals surface area contributed by atoms with Crippen LogP contribution in [-0.4, -0.2) is 17.4 Å². The summed E-state index contributed by atoms with van der Waals surface area (Å²) in [6.45, 7) is 0.644. The zero-order valence-corrected chi connectivity index (χ0v) is 13.7. The van der Waals surface area contributed by atoms with Crippen molar-refractivity contribution in [3.8, 4) is 11.5 Å². The van der Waals surface area contributed by atoms with E-state index >= 15 is 0 Å². The van der Waals surface area contributed by atoms with E-state index < -0.39 is 0 Å². The average Bonchev–Trinajstić information content (AvgIpc) is 2.67. The van der Waals surface area contributed by atoms with Gasteiger partial charge in [0.1, 0.15) is 5.75 Å². The fourth-order valence-corrected chi connectivity index (χ4v) is 2.26. The molecule has 3 rings (SSSR count). The van der Waals surface area contributed by atoms with Crippen molar-refractivity contribution in [2.75, 3.05) is 11.9 Å². The van der Waals surface area contributed by atoms with Crippen molar-refractivity contribution in [2.45, 2.75) is 6.54 Å². The number of carbonyl (C=O) groups is 1. The van der Waals surface area contributed by atoms with Gasteiger partial charge in [-0.2, -0.15) is 0 Å². The monoisotopic (exact) mass is 333 g/mol. The molecule has 0 aliphatic carbocycles. The molecular weight excluding hydrogens is 314 g/mol. The van der Waals surface area contributed by atoms with Crippen LogP contribution in [0.3, 0.4) is 0 Å². The Morgan fingerprint density at radius 2 is 1.64 bits per heavy atom. The fourth-order valence-electron chi connectivity index (χ4n) is 2.26. The Morgan fingerprint density at radius 1 is 0.920 bits per heavy atom. The largest absolute Gasteiger partial charge is 0.455 e. The van der Waals surface area contributed by atoms with Crippen molar-refractivity contribution in [3.05, 3.63) is 84.7 Å². The molecule has 0 unspecified atom stereocenters. The standard InChI is InChI=1S/C20H19N3O2/c24-20(23-14-16-10-12-21-13-11-16)15-22-18-8-4-5-9-19(18)25-17-6-2-1-3-7-17/h1-13,22H,14-15H2,(H,23,24). The molecule has 0 spiro atoms. The van der Waals surface area contributed by atoms with Crippen molar-refractivity contribution in [2.24, 2.45) is 0 Å². The van der Waals surface area contributed by atoms with Crippen LogP contribution in [0.5, 0.6) is 11.5 Å². The Hall–Kier alpha value is -3.34. The average molecular weight is 333 g/mol. The minimum atomic E-state index is -0.0914. The summed E-state index contributed by atoms with van der Waals surface area (Å²) in [5.41, 5.74) is 1.78. The van der Waals surface area contributed by atoms with Crippen LogP contribution in [0.4, 0.5) is 5.69 Å². The van der Waals surface area contributed by atoms with Gasteiger partial charge in [0, 0.05) is 18.9 Å². The molecule has 2 N–H and O–H groups in total. The van der Waals surface area contributed by atoms with Crippen LogP contribution >= 0.6 is 0 Å². The van der Waals surface area contributed by atoms with Crippen molar-refractivity contribution in [1.29, 1.82) is 0 Å². The third-order valence-electron chi connectivity index (χ3n) is 3.54. The lowest BCUT2D eigenvalue weighted by Crippen LogP contribution is -2.29. The van der Waals surface area contributed by atoms with Gasteiger partial charge in [-0.15, -0.1) is 0 Å². The first-order valence-electron chi connectivity index (χ1n) is 8.03. The summed E-state index contributed by atoms with van der Waals surface area (Å²) in [4.78, 5) is 16.0. The van der Waals surface area contributed by atoms with E-state index in [1.54, 1.807) is 12.4 Å². The van der Waals surface area contributed by atoms with Gasteiger partial charge in [-0.3, -0.25) is 9.78 Å². The highest BCUT2D eigenvalue weighted by Crippen LogP contribution is 2.28. The van der Waals surface area contributed by atoms with Crippen LogP contribution in [0.2, 0.25) is 0 Å². The Bertz CT molecular complexity index is 807. The maximum Gasteiger partial charge on any atom is 0.239 e. The number of nitrogens with one attached hydrogen (secondary N) is 2. The number of nitrogens with zero attached hydrogens (tertiary/aromatic N) is 1. The Kier molecular flexibility index (Phi) is 5.61. The normalized spacial score (nSPS) is 10.1. The number of ether oxygens (including phenoxy) is 1. The van der Waals surface area contributed by atoms with Gasteiger partial charge in [-0.25, -0.2) is 0 Å². The lowest BCUT2D eigenvalue weighted by atomic mass is 10.2. The molecule has 1 aromatic heterocycles. The smallest absolute Gasteiger partial charge is 0.239 e. The van der Waals surface area contributed by atoms with Gasteiger partial charge in [0.2, 0.25) is 5.91 Å². The highest BCUT2D eigenvalue weighted by Gasteiger charge is 2.06. The minimum absolute atomic E-state index is 0.0914. The molecule has 0 saturated carbocycles. The molecule has 126 valence electrons. The van der Waals surface area contributed by atoms with Crippen LogP contribution in [-0.2, 0) is 11.3 Å². The summed E-state index contributed by atoms with van der Waals surface area (Å²) in [7, 11) is 0. The van der Waals surface area contributed by atoms with Crippen LogP contribution < -0.4 is 15.4 Å². The number of rotatable bonds is 7. The van der Waals surface area contributed by atoms with Gasteiger partial charge in [0.05, 0.1) is 12.2 Å². The molecule has 3 aromatic rings. The number of anilines is 1. The zero-order chi connectivity index (χ0) is 17.3. The number of pyridine rings is 1. The number of aromatic nitrogens is 1. The van der Waals surface area contributed by atoms with E-state index in [-0.39, 0.29) is 12.5 Å². The molecule has 1 heterocycles. The first kappa shape index (κ1) is 16.5. The van der Waals surface area contributed by atoms with E-state index in [4.69, 9.17) is 4.74 Å². The van der Waals surface area contributed by atoms with Crippen LogP contribution in [0.15, 0.2) is 79.1 Å². The van der Waals surface area contributed by atoms with Crippen molar-refractivity contribution < 1.29 is 9.53 Å². The number of para-hydroxylation sites is 3. The topological polar surface area (TPSA) is 63.2 Å². The molecule has 0 aliphatic rings. The Morgan fingerprint density at radius 3 is 2.44 bits per heavy atom. The number of carbonyl (C=O) groups excluding carboxylic acids is 1. The van der Waals surface area contributed by atoms with Gasteiger partial charge in [-0.1, -0.05) is 30.3 Å². The lowest BCUT2D eigenvalue weighted by molar-refractivity contribution is -0.119. The molecule has 0 radical (unpaired) electrons. The predicted octanol–water partition coefficient (Wildman–Crippen LogP) is 3.60. The number of hydrogen-bond donors (Lipinski definition) is 2. The first-order valence-corrected chi connectivity index (χ1v) is 8.03. The molecule has 2 aromatic carbocycles. The van der Waals surface area contributed by atoms with E-state index in [1.165, 1.54) is 0 Å². The van der Waals surface area contributed by atoms with E-state index in [0.29, 0.717) is 12.3 Å². The number of benzene rings is 2. The van der Waals surface area contributed by atoms with Gasteiger partial charge in [-0.05, 0) is 42.0 Å². The molecule has 5 heteroatoms. The lowest BCUT2D eigenvalue weighted by Gasteiger charge is -2.13. The van der Waals surface area contributed by atoms with Crippen molar-refractivity contribution in [1.82, 2.24) is 10.3 Å². The van der Waals surface area contributed by atoms with Gasteiger partial charge in [0.15, 0.2) is 5.75 Å². The highest BCUT2D eigenvalue weighted by molar-refractivity contribution is 5.81. The molecule has 0 bridgehead atoms. The van der Waals surface area contributed by atoms with Crippen LogP contribution in [0, 0.1) is 0 Å². The maximum atomic E-state index is 12.0. The predicted molar refractivity (Wildman–Crippen MR) is 97.5 cm³/mol. The second-order valence-corrected chi connectivity index (χ2v) is 5.40. The van der Waals surface area contributed by atoms with Crippen molar-refractivity contribution >= 4 is 11.6 Å². The van der Waals surface area contributed by atoms with Crippen LogP contribution in [0.25, 0.3) is 0 Å². The summed E-state index contributed by atoms with van der Waals surface area (Å²) in [5.74, 6) is 1.33. The van der Waals surface area contributed by atoms with Gasteiger partial charge >= 0.3 is 0 Å². The molecule has 0 atom stereocenters. The maximum absolute atomic E-state index is 12.0. The van der Waals surface area contributed by atoms with Crippen LogP contribution in [0.1, 0.15) is 5.56 Å². The molecule has 0 fully saturated rings. The Labute approximate surface area is 146 Å². The molecule has 25 heavy (non-hydrogen) atoms. The third-order valence-corrected chi connectivity index (χ3v) is 3.54. The second-order valence-electron chi connectivity index (χ2n) is 5.40. The first-order chi connectivity index (χ1) is 12.3. The third kappa shape index (κ3) is 5.07. The summed E-state index contributed by atoms with van der Waals surface area (Å²) < 4.78 is 5.87. The number of amides is 1. The van der Waals surface area contributed by atoms with Gasteiger partial charge < -0.3 is 15.4 Å². The summed E-state index contributed by atoms with van der Waals surface area (Å²) in [6, 6.07) is 20.8. The van der Waals surface area contributed by atoms with Crippen molar-refractivity contribution in [3.63, 3.8) is 0 Å². The zero-order valence-electron chi connectivity index (χ0n) is 13.7. The van der Waals surface area contributed by atoms with E-state index in [2.05, 4.69) is 15.6 Å². The molecule has 0 saturated heterocycles. The molecule has 0 aliphatic heterocycles. The molecule has 1 amide bonds. The Balaban J connectivity index is 1.55. The highest BCUT2D eigenvalue weighted by atomic mass is 16.5. The summed E-state index contributed by atoms with van der Waals surface area (Å²) >= 11 is 0. The quantitative estimate of drug-likeness (QED) is 0.693. The molecule has 5 nitrogen and oxygen atoms in total. The summed E-state index contributed by atoms with van der Waals surface area (Å²) in [6.07, 6.45) is 3.41. The van der Waals surface area contributed by atoms with Gasteiger partial charge in [0.25, 0.3) is 0 Å². The summed E-state index contributed by atoms with van der Waals surface area (Å²) in [5, 5.41) is 5.99. The SMILES string of the molecule is O=C(CNc1ccccc1Oc1ccccc1)NCc1ccncc1.